The number of nitrogens with zero attached hydrogens (tertiary/aromatic N) is 1. The summed E-state index contributed by atoms with van der Waals surface area (Å²) in [6.45, 7) is 0.688. The Morgan fingerprint density at radius 2 is 1.81 bits per heavy atom. The zero-order valence-corrected chi connectivity index (χ0v) is 12.2. The van der Waals surface area contributed by atoms with Gasteiger partial charge in [-0.3, -0.25) is 4.79 Å². The molecule has 1 N–H and O–H groups in total. The second kappa shape index (κ2) is 5.88. The summed E-state index contributed by atoms with van der Waals surface area (Å²) >= 11 is 0. The van der Waals surface area contributed by atoms with E-state index in [1.807, 2.05) is 11.0 Å². The van der Waals surface area contributed by atoms with Crippen molar-refractivity contribution in [1.82, 2.24) is 0 Å². The predicted molar refractivity (Wildman–Crippen MR) is 80.7 cm³/mol. The quantitative estimate of drug-likeness (QED) is 0.849. The summed E-state index contributed by atoms with van der Waals surface area (Å²) in [5, 5.41) is 9.12. The number of benzene rings is 1. The van der Waals surface area contributed by atoms with E-state index in [-0.39, 0.29) is 17.4 Å². The van der Waals surface area contributed by atoms with Crippen molar-refractivity contribution in [3.8, 4) is 0 Å². The number of amides is 1. The van der Waals surface area contributed by atoms with Crippen LogP contribution in [-0.4, -0.2) is 23.5 Å². The number of carboxylic acid groups (broad SMARTS) is 1. The van der Waals surface area contributed by atoms with Gasteiger partial charge in [0.2, 0.25) is 5.91 Å². The number of fused-ring (bicyclic) bond motifs is 1. The molecule has 1 aromatic rings. The highest BCUT2D eigenvalue weighted by Crippen LogP contribution is 2.33. The first-order chi connectivity index (χ1) is 10.2. The van der Waals surface area contributed by atoms with E-state index in [2.05, 4.69) is 0 Å². The topological polar surface area (TPSA) is 57.6 Å². The van der Waals surface area contributed by atoms with E-state index in [4.69, 9.17) is 5.11 Å². The molecule has 0 radical (unpaired) electrons. The van der Waals surface area contributed by atoms with Gasteiger partial charge in [-0.05, 0) is 37.0 Å². The average molecular weight is 287 g/mol. The van der Waals surface area contributed by atoms with Crippen molar-refractivity contribution >= 4 is 17.6 Å². The van der Waals surface area contributed by atoms with Crippen molar-refractivity contribution in [2.45, 2.75) is 44.9 Å². The molecule has 2 aliphatic rings. The molecule has 0 saturated heterocycles. The molecule has 0 bridgehead atoms. The Labute approximate surface area is 124 Å². The molecule has 0 aromatic heterocycles. The van der Waals surface area contributed by atoms with Crippen molar-refractivity contribution in [3.05, 3.63) is 29.3 Å². The summed E-state index contributed by atoms with van der Waals surface area (Å²) in [5.74, 6) is -0.628. The highest BCUT2D eigenvalue weighted by Gasteiger charge is 2.30. The normalized spacial score (nSPS) is 19.1. The first-order valence-electron chi connectivity index (χ1n) is 7.84. The van der Waals surface area contributed by atoms with Crippen LogP contribution in [0, 0.1) is 5.92 Å². The van der Waals surface area contributed by atoms with Crippen LogP contribution in [0.5, 0.6) is 0 Å². The third kappa shape index (κ3) is 2.80. The standard InChI is InChI=1S/C17H21NO3/c19-16(13-5-3-1-2-4-6-13)18-10-9-12-7-8-14(17(20)21)11-15(12)18/h7-8,11,13H,1-6,9-10H2,(H,20,21). The minimum atomic E-state index is -0.938. The van der Waals surface area contributed by atoms with Crippen LogP contribution in [0.3, 0.4) is 0 Å². The van der Waals surface area contributed by atoms with Crippen molar-refractivity contribution in [1.29, 1.82) is 0 Å². The molecule has 1 heterocycles. The number of anilines is 1. The second-order valence-electron chi connectivity index (χ2n) is 6.08. The van der Waals surface area contributed by atoms with Crippen molar-refractivity contribution in [3.63, 3.8) is 0 Å². The highest BCUT2D eigenvalue weighted by molar-refractivity contribution is 5.99. The molecule has 21 heavy (non-hydrogen) atoms. The lowest BCUT2D eigenvalue weighted by molar-refractivity contribution is -0.122. The van der Waals surface area contributed by atoms with Gasteiger partial charge in [0.05, 0.1) is 5.56 Å². The minimum absolute atomic E-state index is 0.118. The molecule has 1 aliphatic carbocycles. The Bertz CT molecular complexity index is 559. The van der Waals surface area contributed by atoms with Gasteiger partial charge in [-0.15, -0.1) is 0 Å². The number of hydrogen-bond acceptors (Lipinski definition) is 2. The molecule has 0 atom stereocenters. The molecule has 0 unspecified atom stereocenters. The van der Waals surface area contributed by atoms with Gasteiger partial charge in [0.15, 0.2) is 0 Å². The van der Waals surface area contributed by atoms with Gasteiger partial charge >= 0.3 is 5.97 Å². The molecule has 3 rings (SSSR count). The largest absolute Gasteiger partial charge is 0.478 e. The van der Waals surface area contributed by atoms with Crippen LogP contribution < -0.4 is 4.90 Å². The summed E-state index contributed by atoms with van der Waals surface area (Å²) in [6.07, 6.45) is 7.49. The Morgan fingerprint density at radius 1 is 1.10 bits per heavy atom. The fourth-order valence-electron chi connectivity index (χ4n) is 3.49. The van der Waals surface area contributed by atoms with Gasteiger partial charge in [-0.25, -0.2) is 4.79 Å². The lowest BCUT2D eigenvalue weighted by Crippen LogP contribution is -2.34. The van der Waals surface area contributed by atoms with Crippen LogP contribution >= 0.6 is 0 Å². The summed E-state index contributed by atoms with van der Waals surface area (Å²) in [4.78, 5) is 25.7. The summed E-state index contributed by atoms with van der Waals surface area (Å²) in [7, 11) is 0. The number of carboxylic acids is 1. The predicted octanol–water partition coefficient (Wildman–Crippen LogP) is 3.24. The molecule has 112 valence electrons. The number of hydrogen-bond donors (Lipinski definition) is 1. The van der Waals surface area contributed by atoms with Gasteiger partial charge in [0, 0.05) is 18.2 Å². The van der Waals surface area contributed by atoms with Crippen molar-refractivity contribution in [2.75, 3.05) is 11.4 Å². The molecule has 1 fully saturated rings. The van der Waals surface area contributed by atoms with Gasteiger partial charge in [0.1, 0.15) is 0 Å². The SMILES string of the molecule is O=C(O)c1ccc2c(c1)N(C(=O)C1CCCCCC1)CC2. The van der Waals surface area contributed by atoms with E-state index >= 15 is 0 Å². The van der Waals surface area contributed by atoms with Crippen LogP contribution in [-0.2, 0) is 11.2 Å². The number of rotatable bonds is 2. The maximum atomic E-state index is 12.8. The summed E-state index contributed by atoms with van der Waals surface area (Å²) in [6, 6.07) is 5.12. The number of carbonyl (C=O) groups is 2. The fourth-order valence-corrected chi connectivity index (χ4v) is 3.49. The average Bonchev–Trinajstić information content (AvgIpc) is 2.71. The van der Waals surface area contributed by atoms with Crippen molar-refractivity contribution < 1.29 is 14.7 Å². The molecule has 1 aliphatic heterocycles. The molecule has 1 aromatic carbocycles. The molecule has 1 amide bonds. The molecule has 4 heteroatoms. The second-order valence-corrected chi connectivity index (χ2v) is 6.08. The third-order valence-corrected chi connectivity index (χ3v) is 4.70. The van der Waals surface area contributed by atoms with Crippen LogP contribution in [0.15, 0.2) is 18.2 Å². The zero-order valence-electron chi connectivity index (χ0n) is 12.2. The summed E-state index contributed by atoms with van der Waals surface area (Å²) in [5.41, 5.74) is 2.15. The maximum Gasteiger partial charge on any atom is 0.335 e. The first-order valence-corrected chi connectivity index (χ1v) is 7.84. The van der Waals surface area contributed by atoms with E-state index in [1.165, 1.54) is 12.8 Å². The Hall–Kier alpha value is -1.84. The maximum absolute atomic E-state index is 12.8. The molecule has 4 nitrogen and oxygen atoms in total. The lowest BCUT2D eigenvalue weighted by atomic mass is 9.98. The number of carbonyl (C=O) groups excluding carboxylic acids is 1. The van der Waals surface area contributed by atoms with Crippen LogP contribution in [0.25, 0.3) is 0 Å². The van der Waals surface area contributed by atoms with E-state index in [0.717, 1.165) is 43.4 Å². The molecule has 1 saturated carbocycles. The van der Waals surface area contributed by atoms with E-state index in [1.54, 1.807) is 12.1 Å². The fraction of sp³-hybridized carbons (Fsp3) is 0.529. The van der Waals surface area contributed by atoms with Gasteiger partial charge < -0.3 is 10.0 Å². The van der Waals surface area contributed by atoms with Crippen LogP contribution in [0.2, 0.25) is 0 Å². The van der Waals surface area contributed by atoms with E-state index in [9.17, 15) is 9.59 Å². The third-order valence-electron chi connectivity index (χ3n) is 4.70. The smallest absolute Gasteiger partial charge is 0.335 e. The highest BCUT2D eigenvalue weighted by atomic mass is 16.4. The number of aromatic carboxylic acids is 1. The summed E-state index contributed by atoms with van der Waals surface area (Å²) < 4.78 is 0. The lowest BCUT2D eigenvalue weighted by Gasteiger charge is -2.23. The van der Waals surface area contributed by atoms with Gasteiger partial charge in [0.25, 0.3) is 0 Å². The first kappa shape index (κ1) is 14.1. The molecule has 0 spiro atoms. The van der Waals surface area contributed by atoms with Crippen LogP contribution in [0.1, 0.15) is 54.4 Å². The van der Waals surface area contributed by atoms with Gasteiger partial charge in [-0.1, -0.05) is 31.7 Å². The van der Waals surface area contributed by atoms with Crippen molar-refractivity contribution in [2.24, 2.45) is 5.92 Å². The Morgan fingerprint density at radius 3 is 2.48 bits per heavy atom. The molecular weight excluding hydrogens is 266 g/mol. The Balaban J connectivity index is 1.83. The zero-order chi connectivity index (χ0) is 14.8. The Kier molecular flexibility index (Phi) is 3.95. The van der Waals surface area contributed by atoms with Gasteiger partial charge in [-0.2, -0.15) is 0 Å². The molecular formula is C17H21NO3. The van der Waals surface area contributed by atoms with E-state index in [0.29, 0.717) is 6.54 Å². The van der Waals surface area contributed by atoms with Crippen LogP contribution in [0.4, 0.5) is 5.69 Å². The minimum Gasteiger partial charge on any atom is -0.478 e. The van der Waals surface area contributed by atoms with E-state index < -0.39 is 5.97 Å². The monoisotopic (exact) mass is 287 g/mol.